The fourth-order valence-electron chi connectivity index (χ4n) is 2.72. The molecular formula is C14H21N5O3S. The van der Waals surface area contributed by atoms with Crippen LogP contribution in [0.3, 0.4) is 0 Å². The average Bonchev–Trinajstić information content (AvgIpc) is 3.09. The van der Waals surface area contributed by atoms with Gasteiger partial charge in [0.1, 0.15) is 0 Å². The first-order valence-corrected chi connectivity index (χ1v) is 9.39. The van der Waals surface area contributed by atoms with Crippen molar-refractivity contribution < 1.29 is 12.9 Å². The minimum absolute atomic E-state index is 0.160. The largest absolute Gasteiger partial charge is 0.339 e. The molecule has 1 aliphatic heterocycles. The Morgan fingerprint density at radius 3 is 2.91 bits per heavy atom. The normalized spacial score (nSPS) is 19.5. The molecule has 0 aromatic carbocycles. The summed E-state index contributed by atoms with van der Waals surface area (Å²) in [5, 5.41) is 8.10. The lowest BCUT2D eigenvalue weighted by atomic mass is 10.1. The minimum atomic E-state index is -3.32. The van der Waals surface area contributed by atoms with Crippen molar-refractivity contribution in [2.24, 2.45) is 0 Å². The zero-order valence-corrected chi connectivity index (χ0v) is 14.2. The first-order valence-electron chi connectivity index (χ1n) is 7.78. The third kappa shape index (κ3) is 3.45. The molecule has 126 valence electrons. The zero-order chi connectivity index (χ0) is 16.4. The highest BCUT2D eigenvalue weighted by Crippen LogP contribution is 2.25. The van der Waals surface area contributed by atoms with Gasteiger partial charge in [0.25, 0.3) is 0 Å². The topological polar surface area (TPSA) is 94.1 Å². The van der Waals surface area contributed by atoms with Crippen molar-refractivity contribution in [1.82, 2.24) is 24.2 Å². The third-order valence-electron chi connectivity index (χ3n) is 4.00. The number of hydrogen-bond acceptors (Lipinski definition) is 6. The number of aryl methyl sites for hydroxylation is 1. The fourth-order valence-corrected chi connectivity index (χ4v) is 4.37. The number of rotatable bonds is 5. The van der Waals surface area contributed by atoms with Crippen molar-refractivity contribution in [1.29, 1.82) is 0 Å². The van der Waals surface area contributed by atoms with Crippen molar-refractivity contribution in [3.05, 3.63) is 29.7 Å². The van der Waals surface area contributed by atoms with Gasteiger partial charge in [-0.1, -0.05) is 18.5 Å². The smallest absolute Gasteiger partial charge is 0.232 e. The number of aromatic nitrogens is 4. The van der Waals surface area contributed by atoms with Gasteiger partial charge in [0, 0.05) is 12.7 Å². The summed E-state index contributed by atoms with van der Waals surface area (Å²) in [6, 6.07) is 1.85. The Labute approximate surface area is 135 Å². The van der Waals surface area contributed by atoms with Crippen LogP contribution in [0.25, 0.3) is 0 Å². The summed E-state index contributed by atoms with van der Waals surface area (Å²) in [4.78, 5) is 4.27. The van der Waals surface area contributed by atoms with E-state index in [4.69, 9.17) is 4.52 Å². The van der Waals surface area contributed by atoms with Crippen LogP contribution >= 0.6 is 0 Å². The average molecular weight is 339 g/mol. The fraction of sp³-hybridized carbons (Fsp3) is 0.643. The molecule has 0 amide bonds. The van der Waals surface area contributed by atoms with Gasteiger partial charge >= 0.3 is 0 Å². The highest BCUT2D eigenvalue weighted by molar-refractivity contribution is 7.89. The Bertz CT molecular complexity index is 767. The van der Waals surface area contributed by atoms with Gasteiger partial charge in [0.2, 0.25) is 15.9 Å². The number of fused-ring (bicyclic) bond motifs is 1. The molecule has 1 aliphatic rings. The van der Waals surface area contributed by atoms with Crippen molar-refractivity contribution in [2.75, 3.05) is 12.3 Å². The van der Waals surface area contributed by atoms with Gasteiger partial charge in [0.15, 0.2) is 5.82 Å². The molecule has 3 heterocycles. The predicted octanol–water partition coefficient (Wildman–Crippen LogP) is 1.30. The molecule has 0 saturated heterocycles. The first kappa shape index (κ1) is 16.1. The molecule has 0 aliphatic carbocycles. The van der Waals surface area contributed by atoms with Crippen molar-refractivity contribution >= 4 is 10.0 Å². The van der Waals surface area contributed by atoms with E-state index >= 15 is 0 Å². The third-order valence-corrected chi connectivity index (χ3v) is 5.87. The molecule has 2 aromatic heterocycles. The van der Waals surface area contributed by atoms with E-state index in [-0.39, 0.29) is 11.7 Å². The maximum Gasteiger partial charge on any atom is 0.232 e. The zero-order valence-electron chi connectivity index (χ0n) is 13.3. The van der Waals surface area contributed by atoms with E-state index in [2.05, 4.69) is 15.2 Å². The lowest BCUT2D eigenvalue weighted by Crippen LogP contribution is -2.35. The lowest BCUT2D eigenvalue weighted by Gasteiger charge is -2.21. The van der Waals surface area contributed by atoms with E-state index in [1.165, 1.54) is 4.31 Å². The predicted molar refractivity (Wildman–Crippen MR) is 83.1 cm³/mol. The van der Waals surface area contributed by atoms with E-state index in [0.717, 1.165) is 12.1 Å². The van der Waals surface area contributed by atoms with Crippen LogP contribution < -0.4 is 0 Å². The van der Waals surface area contributed by atoms with Gasteiger partial charge in [-0.05, 0) is 19.4 Å². The standard InChI is InChI=1S/C14H21N5O3S/c1-3-4-7-23(20,21)18-8-12(14-16-11(2)17-22-14)9-19-13(10-18)5-6-15-19/h5-6,12H,3-4,7-10H2,1-2H3. The van der Waals surface area contributed by atoms with Crippen LogP contribution in [-0.2, 0) is 23.1 Å². The van der Waals surface area contributed by atoms with Gasteiger partial charge in [-0.25, -0.2) is 8.42 Å². The molecule has 23 heavy (non-hydrogen) atoms. The molecule has 0 bridgehead atoms. The first-order chi connectivity index (χ1) is 11.0. The van der Waals surface area contributed by atoms with Gasteiger partial charge in [0.05, 0.1) is 30.5 Å². The molecule has 9 heteroatoms. The maximum absolute atomic E-state index is 12.6. The van der Waals surface area contributed by atoms with Crippen molar-refractivity contribution in [3.63, 3.8) is 0 Å². The second-order valence-electron chi connectivity index (χ2n) is 5.84. The van der Waals surface area contributed by atoms with E-state index in [0.29, 0.717) is 37.8 Å². The molecule has 0 saturated carbocycles. The summed E-state index contributed by atoms with van der Waals surface area (Å²) in [6.07, 6.45) is 3.19. The van der Waals surface area contributed by atoms with Gasteiger partial charge in [-0.2, -0.15) is 14.4 Å². The van der Waals surface area contributed by atoms with Crippen LogP contribution in [0, 0.1) is 6.92 Å². The van der Waals surface area contributed by atoms with E-state index in [9.17, 15) is 8.42 Å². The Balaban J connectivity index is 1.91. The Hall–Kier alpha value is -1.74. The molecule has 8 nitrogen and oxygen atoms in total. The van der Waals surface area contributed by atoms with Crippen LogP contribution in [0.15, 0.2) is 16.8 Å². The summed E-state index contributed by atoms with van der Waals surface area (Å²) < 4.78 is 33.9. The molecule has 1 atom stereocenters. The summed E-state index contributed by atoms with van der Waals surface area (Å²) in [5.74, 6) is 0.966. The van der Waals surface area contributed by atoms with E-state index in [1.54, 1.807) is 13.1 Å². The molecule has 2 aromatic rings. The highest BCUT2D eigenvalue weighted by atomic mass is 32.2. The van der Waals surface area contributed by atoms with Crippen LogP contribution in [0.4, 0.5) is 0 Å². The van der Waals surface area contributed by atoms with Gasteiger partial charge < -0.3 is 4.52 Å². The molecular weight excluding hydrogens is 318 g/mol. The molecule has 0 fully saturated rings. The summed E-state index contributed by atoms with van der Waals surface area (Å²) >= 11 is 0. The number of hydrogen-bond donors (Lipinski definition) is 0. The van der Waals surface area contributed by atoms with Crippen LogP contribution in [0.2, 0.25) is 0 Å². The van der Waals surface area contributed by atoms with Crippen molar-refractivity contribution in [3.8, 4) is 0 Å². The number of unbranched alkanes of at least 4 members (excludes halogenated alkanes) is 1. The quantitative estimate of drug-likeness (QED) is 0.815. The summed E-state index contributed by atoms with van der Waals surface area (Å²) in [7, 11) is -3.32. The Morgan fingerprint density at radius 2 is 2.22 bits per heavy atom. The summed E-state index contributed by atoms with van der Waals surface area (Å²) in [6.45, 7) is 4.92. The van der Waals surface area contributed by atoms with E-state index in [1.807, 2.05) is 17.7 Å². The second kappa shape index (κ2) is 6.40. The molecule has 0 spiro atoms. The number of sulfonamides is 1. The Kier molecular flexibility index (Phi) is 4.49. The second-order valence-corrected chi connectivity index (χ2v) is 7.93. The van der Waals surface area contributed by atoms with Crippen molar-refractivity contribution in [2.45, 2.75) is 45.7 Å². The molecule has 0 radical (unpaired) electrons. The minimum Gasteiger partial charge on any atom is -0.339 e. The van der Waals surface area contributed by atoms with Gasteiger partial charge in [-0.15, -0.1) is 0 Å². The van der Waals surface area contributed by atoms with Crippen LogP contribution in [-0.4, -0.2) is 44.9 Å². The SMILES string of the molecule is CCCCS(=O)(=O)N1Cc2ccnn2CC(c2nc(C)no2)C1. The highest BCUT2D eigenvalue weighted by Gasteiger charge is 2.32. The maximum atomic E-state index is 12.6. The lowest BCUT2D eigenvalue weighted by molar-refractivity contribution is 0.306. The van der Waals surface area contributed by atoms with Crippen LogP contribution in [0.5, 0.6) is 0 Å². The van der Waals surface area contributed by atoms with Gasteiger partial charge in [-0.3, -0.25) is 4.68 Å². The Morgan fingerprint density at radius 1 is 1.39 bits per heavy atom. The number of nitrogens with zero attached hydrogens (tertiary/aromatic N) is 5. The van der Waals surface area contributed by atoms with E-state index < -0.39 is 10.0 Å². The monoisotopic (exact) mass is 339 g/mol. The molecule has 0 N–H and O–H groups in total. The molecule has 1 unspecified atom stereocenters. The molecule has 3 rings (SSSR count). The van der Waals surface area contributed by atoms with Crippen LogP contribution in [0.1, 0.15) is 43.1 Å². The summed E-state index contributed by atoms with van der Waals surface area (Å²) in [5.41, 5.74) is 0.879.